The van der Waals surface area contributed by atoms with E-state index in [1.807, 2.05) is 78.9 Å². The zero-order valence-corrected chi connectivity index (χ0v) is 21.7. The van der Waals surface area contributed by atoms with Crippen molar-refractivity contribution in [2.45, 2.75) is 32.1 Å². The van der Waals surface area contributed by atoms with Crippen LogP contribution in [0.1, 0.15) is 43.2 Å². The van der Waals surface area contributed by atoms with Crippen LogP contribution in [0.15, 0.2) is 84.9 Å². The molecule has 0 aliphatic heterocycles. The standard InChI is InChI=1S/C34H35NO2/c1-36-29-15-5-3-2-4-6-16-30-37-34-26-14-13-25-33(34)35(27-17-23-31-19-9-7-10-20-31)28-18-24-32-21-11-8-12-22-32/h7-14,19-22,25-26H,2-4,6,16,27-30H2,1H3. The van der Waals surface area contributed by atoms with E-state index in [2.05, 4.69) is 46.5 Å². The van der Waals surface area contributed by atoms with Gasteiger partial charge in [-0.05, 0) is 49.2 Å². The Hall–Kier alpha value is -4.10. The van der Waals surface area contributed by atoms with Gasteiger partial charge in [0.25, 0.3) is 0 Å². The Morgan fingerprint density at radius 2 is 1.22 bits per heavy atom. The highest BCUT2D eigenvalue weighted by Crippen LogP contribution is 2.28. The molecule has 0 heterocycles. The average Bonchev–Trinajstić information content (AvgIpc) is 2.95. The van der Waals surface area contributed by atoms with Crippen molar-refractivity contribution in [3.05, 3.63) is 96.1 Å². The number of anilines is 1. The summed E-state index contributed by atoms with van der Waals surface area (Å²) in [6, 6.07) is 28.3. The average molecular weight is 490 g/mol. The Labute approximate surface area is 222 Å². The van der Waals surface area contributed by atoms with E-state index in [1.165, 1.54) is 0 Å². The lowest BCUT2D eigenvalue weighted by Crippen LogP contribution is -2.24. The third-order valence-electron chi connectivity index (χ3n) is 5.55. The molecule has 0 aliphatic carbocycles. The summed E-state index contributed by atoms with van der Waals surface area (Å²) in [5.41, 5.74) is 3.03. The molecule has 0 fully saturated rings. The molecule has 0 bridgehead atoms. The Morgan fingerprint density at radius 3 is 1.86 bits per heavy atom. The first-order valence-corrected chi connectivity index (χ1v) is 12.9. The third kappa shape index (κ3) is 11.0. The van der Waals surface area contributed by atoms with Crippen LogP contribution in [-0.4, -0.2) is 33.4 Å². The molecule has 0 atom stereocenters. The zero-order valence-electron chi connectivity index (χ0n) is 21.7. The second-order valence-corrected chi connectivity index (χ2v) is 8.46. The van der Waals surface area contributed by atoms with Crippen LogP contribution in [0.25, 0.3) is 0 Å². The van der Waals surface area contributed by atoms with Gasteiger partial charge in [0.1, 0.15) is 12.4 Å². The van der Waals surface area contributed by atoms with Gasteiger partial charge in [-0.25, -0.2) is 0 Å². The third-order valence-corrected chi connectivity index (χ3v) is 5.55. The van der Waals surface area contributed by atoms with Crippen molar-refractivity contribution in [3.63, 3.8) is 0 Å². The van der Waals surface area contributed by atoms with Gasteiger partial charge in [0.15, 0.2) is 0 Å². The van der Waals surface area contributed by atoms with E-state index < -0.39 is 0 Å². The van der Waals surface area contributed by atoms with Crippen molar-refractivity contribution >= 4 is 5.69 Å². The first-order valence-electron chi connectivity index (χ1n) is 12.9. The normalized spacial score (nSPS) is 9.65. The van der Waals surface area contributed by atoms with Crippen LogP contribution < -0.4 is 9.64 Å². The number of para-hydroxylation sites is 2. The number of benzene rings is 3. The molecule has 3 nitrogen and oxygen atoms in total. The van der Waals surface area contributed by atoms with Gasteiger partial charge >= 0.3 is 0 Å². The summed E-state index contributed by atoms with van der Waals surface area (Å²) in [5, 5.41) is 0. The molecule has 0 saturated carbocycles. The maximum atomic E-state index is 6.22. The lowest BCUT2D eigenvalue weighted by atomic mass is 10.1. The van der Waals surface area contributed by atoms with E-state index in [4.69, 9.17) is 9.47 Å². The van der Waals surface area contributed by atoms with Gasteiger partial charge < -0.3 is 14.4 Å². The van der Waals surface area contributed by atoms with E-state index in [0.717, 1.165) is 54.7 Å². The molecule has 3 aromatic rings. The highest BCUT2D eigenvalue weighted by Gasteiger charge is 2.10. The van der Waals surface area contributed by atoms with Crippen LogP contribution in [0, 0.1) is 35.5 Å². The number of unbranched alkanes of at least 4 members (excludes halogenated alkanes) is 4. The molecule has 0 aromatic heterocycles. The smallest absolute Gasteiger partial charge is 0.142 e. The topological polar surface area (TPSA) is 21.7 Å². The van der Waals surface area contributed by atoms with Gasteiger partial charge in [0.05, 0.1) is 25.4 Å². The lowest BCUT2D eigenvalue weighted by Gasteiger charge is -2.23. The van der Waals surface area contributed by atoms with Crippen molar-refractivity contribution in [1.29, 1.82) is 0 Å². The number of methoxy groups -OCH3 is 1. The van der Waals surface area contributed by atoms with Crippen molar-refractivity contribution in [1.82, 2.24) is 0 Å². The summed E-state index contributed by atoms with van der Waals surface area (Å²) in [6.07, 6.45) is 5.34. The van der Waals surface area contributed by atoms with Crippen LogP contribution in [0.4, 0.5) is 5.69 Å². The summed E-state index contributed by atoms with van der Waals surface area (Å²) < 4.78 is 11.2. The highest BCUT2D eigenvalue weighted by atomic mass is 16.5. The van der Waals surface area contributed by atoms with E-state index >= 15 is 0 Å². The lowest BCUT2D eigenvalue weighted by molar-refractivity contribution is 0.239. The fraction of sp³-hybridized carbons (Fsp3) is 0.294. The molecule has 0 N–H and O–H groups in total. The molecule has 0 radical (unpaired) electrons. The minimum Gasteiger partial charge on any atom is -0.491 e. The predicted molar refractivity (Wildman–Crippen MR) is 154 cm³/mol. The van der Waals surface area contributed by atoms with Crippen LogP contribution in [0.2, 0.25) is 0 Å². The van der Waals surface area contributed by atoms with Crippen LogP contribution in [0.3, 0.4) is 0 Å². The maximum Gasteiger partial charge on any atom is 0.142 e. The molecular formula is C34H35NO2. The van der Waals surface area contributed by atoms with E-state index in [0.29, 0.717) is 26.3 Å². The minimum absolute atomic E-state index is 0.514. The fourth-order valence-corrected chi connectivity index (χ4v) is 3.65. The van der Waals surface area contributed by atoms with E-state index in [-0.39, 0.29) is 0 Å². The SMILES string of the molecule is COCC#CCCCCCCOc1ccccc1N(CC#Cc1ccccc1)CC#Cc1ccccc1. The summed E-state index contributed by atoms with van der Waals surface area (Å²) in [4.78, 5) is 2.18. The first kappa shape index (κ1) is 27.5. The summed E-state index contributed by atoms with van der Waals surface area (Å²) in [5.74, 6) is 20.2. The molecular weight excluding hydrogens is 454 g/mol. The van der Waals surface area contributed by atoms with Gasteiger partial charge in [-0.1, -0.05) is 91.0 Å². The zero-order chi connectivity index (χ0) is 25.8. The molecule has 3 aromatic carbocycles. The molecule has 0 unspecified atom stereocenters. The molecule has 0 spiro atoms. The van der Waals surface area contributed by atoms with Gasteiger partial charge in [0.2, 0.25) is 0 Å². The van der Waals surface area contributed by atoms with Crippen LogP contribution in [0.5, 0.6) is 5.75 Å². The number of ether oxygens (including phenoxy) is 2. The summed E-state index contributed by atoms with van der Waals surface area (Å²) >= 11 is 0. The van der Waals surface area contributed by atoms with Crippen molar-refractivity contribution in [3.8, 4) is 41.3 Å². The summed E-state index contributed by atoms with van der Waals surface area (Å²) in [6.45, 7) is 2.32. The monoisotopic (exact) mass is 489 g/mol. The molecule has 0 aliphatic rings. The quantitative estimate of drug-likeness (QED) is 0.224. The van der Waals surface area contributed by atoms with Crippen molar-refractivity contribution < 1.29 is 9.47 Å². The molecule has 3 rings (SSSR count). The Kier molecular flexibility index (Phi) is 12.9. The van der Waals surface area contributed by atoms with Gasteiger partial charge in [-0.3, -0.25) is 0 Å². The van der Waals surface area contributed by atoms with Gasteiger partial charge in [-0.15, -0.1) is 5.92 Å². The fourth-order valence-electron chi connectivity index (χ4n) is 3.65. The molecule has 0 saturated heterocycles. The number of rotatable bonds is 11. The van der Waals surface area contributed by atoms with E-state index in [1.54, 1.807) is 7.11 Å². The second-order valence-electron chi connectivity index (χ2n) is 8.46. The van der Waals surface area contributed by atoms with Crippen molar-refractivity contribution in [2.24, 2.45) is 0 Å². The molecule has 188 valence electrons. The predicted octanol–water partition coefficient (Wildman–Crippen LogP) is 6.58. The minimum atomic E-state index is 0.514. The Morgan fingerprint density at radius 1 is 0.622 bits per heavy atom. The maximum absolute atomic E-state index is 6.22. The van der Waals surface area contributed by atoms with Gasteiger partial charge in [-0.2, -0.15) is 0 Å². The number of hydrogen-bond donors (Lipinski definition) is 0. The number of hydrogen-bond acceptors (Lipinski definition) is 3. The molecule has 0 amide bonds. The molecule has 37 heavy (non-hydrogen) atoms. The summed E-state index contributed by atoms with van der Waals surface area (Å²) in [7, 11) is 1.67. The Bertz CT molecular complexity index is 1170. The van der Waals surface area contributed by atoms with Gasteiger partial charge in [0, 0.05) is 24.7 Å². The number of nitrogens with zero attached hydrogens (tertiary/aromatic N) is 1. The van der Waals surface area contributed by atoms with Crippen molar-refractivity contribution in [2.75, 3.05) is 38.3 Å². The largest absolute Gasteiger partial charge is 0.491 e. The molecule has 3 heteroatoms. The first-order chi connectivity index (χ1) is 18.4. The van der Waals surface area contributed by atoms with E-state index in [9.17, 15) is 0 Å². The highest BCUT2D eigenvalue weighted by molar-refractivity contribution is 5.60. The Balaban J connectivity index is 1.61. The van der Waals surface area contributed by atoms with Crippen LogP contribution in [-0.2, 0) is 4.74 Å². The second kappa shape index (κ2) is 17.3. The van der Waals surface area contributed by atoms with Crippen LogP contribution >= 0.6 is 0 Å².